The van der Waals surface area contributed by atoms with E-state index < -0.39 is 0 Å². The fraction of sp³-hybridized carbons (Fsp3) is 0.346. The summed E-state index contributed by atoms with van der Waals surface area (Å²) >= 11 is 0. The second-order valence-electron chi connectivity index (χ2n) is 8.31. The molecule has 1 aliphatic heterocycles. The highest BCUT2D eigenvalue weighted by molar-refractivity contribution is 6.04. The van der Waals surface area contributed by atoms with Crippen molar-refractivity contribution in [3.63, 3.8) is 0 Å². The van der Waals surface area contributed by atoms with E-state index in [1.165, 1.54) is 0 Å². The number of aryl methyl sites for hydroxylation is 1. The quantitative estimate of drug-likeness (QED) is 0.522. The molecular weight excluding hydrogens is 432 g/mol. The Bertz CT molecular complexity index is 1120. The van der Waals surface area contributed by atoms with Crippen LogP contribution in [0, 0.1) is 12.8 Å². The number of nitrogens with one attached hydrogen (secondary N) is 2. The zero-order chi connectivity index (χ0) is 23.9. The molecule has 1 saturated heterocycles. The van der Waals surface area contributed by atoms with Crippen molar-refractivity contribution in [1.82, 2.24) is 10.3 Å². The monoisotopic (exact) mass is 462 g/mol. The van der Waals surface area contributed by atoms with Gasteiger partial charge in [0.1, 0.15) is 23.1 Å². The third-order valence-corrected chi connectivity index (χ3v) is 5.85. The van der Waals surface area contributed by atoms with Crippen molar-refractivity contribution in [3.05, 3.63) is 71.8 Å². The first kappa shape index (κ1) is 23.4. The summed E-state index contributed by atoms with van der Waals surface area (Å²) in [5.41, 5.74) is 1.23. The summed E-state index contributed by atoms with van der Waals surface area (Å²) < 4.78 is 10.9. The van der Waals surface area contributed by atoms with Crippen LogP contribution >= 0.6 is 0 Å². The van der Waals surface area contributed by atoms with E-state index in [0.29, 0.717) is 37.5 Å². The summed E-state index contributed by atoms with van der Waals surface area (Å²) in [5, 5.41) is 5.87. The van der Waals surface area contributed by atoms with E-state index >= 15 is 0 Å². The van der Waals surface area contributed by atoms with Gasteiger partial charge in [-0.25, -0.2) is 4.98 Å². The number of hydrogen-bond acceptors (Lipinski definition) is 6. The molecule has 3 heterocycles. The lowest BCUT2D eigenvalue weighted by molar-refractivity contribution is -0.125. The van der Waals surface area contributed by atoms with E-state index in [1.54, 1.807) is 18.3 Å². The molecule has 2 N–H and O–H groups in total. The van der Waals surface area contributed by atoms with Crippen LogP contribution in [0.15, 0.2) is 59.1 Å². The molecule has 3 aromatic rings. The third-order valence-electron chi connectivity index (χ3n) is 5.85. The number of nitrogens with zero attached hydrogens (tertiary/aromatic N) is 2. The van der Waals surface area contributed by atoms with Crippen LogP contribution in [-0.4, -0.2) is 36.5 Å². The molecule has 8 nitrogen and oxygen atoms in total. The van der Waals surface area contributed by atoms with E-state index in [1.807, 2.05) is 50.2 Å². The lowest BCUT2D eigenvalue weighted by Gasteiger charge is -2.32. The Labute approximate surface area is 199 Å². The van der Waals surface area contributed by atoms with Gasteiger partial charge >= 0.3 is 0 Å². The predicted molar refractivity (Wildman–Crippen MR) is 130 cm³/mol. The molecule has 34 heavy (non-hydrogen) atoms. The second-order valence-corrected chi connectivity index (χ2v) is 8.31. The highest BCUT2D eigenvalue weighted by Crippen LogP contribution is 2.23. The zero-order valence-electron chi connectivity index (χ0n) is 19.5. The van der Waals surface area contributed by atoms with E-state index in [2.05, 4.69) is 20.5 Å². The number of carbonyl (C=O) groups excluding carboxylic acids is 2. The Morgan fingerprint density at radius 2 is 1.88 bits per heavy atom. The van der Waals surface area contributed by atoms with Gasteiger partial charge in [0.2, 0.25) is 5.91 Å². The van der Waals surface area contributed by atoms with E-state index in [-0.39, 0.29) is 17.7 Å². The number of ether oxygens (including phenoxy) is 1. The van der Waals surface area contributed by atoms with Crippen LogP contribution in [0.2, 0.25) is 0 Å². The topological polar surface area (TPSA) is 96.7 Å². The minimum Gasteiger partial charge on any atom is -0.494 e. The average molecular weight is 463 g/mol. The number of hydrogen-bond donors (Lipinski definition) is 2. The molecule has 0 saturated carbocycles. The van der Waals surface area contributed by atoms with Gasteiger partial charge in [-0.1, -0.05) is 0 Å². The van der Waals surface area contributed by atoms with Gasteiger partial charge < -0.3 is 24.7 Å². The normalized spacial score (nSPS) is 14.0. The number of furan rings is 1. The number of aromatic nitrogens is 1. The Kier molecular flexibility index (Phi) is 7.47. The lowest BCUT2D eigenvalue weighted by atomic mass is 9.96. The van der Waals surface area contributed by atoms with Crippen LogP contribution in [0.1, 0.15) is 41.6 Å². The first-order valence-corrected chi connectivity index (χ1v) is 11.6. The first-order valence-electron chi connectivity index (χ1n) is 11.6. The predicted octanol–water partition coefficient (Wildman–Crippen LogP) is 4.17. The van der Waals surface area contributed by atoms with E-state index in [0.717, 1.165) is 35.9 Å². The van der Waals surface area contributed by atoms with Crippen molar-refractivity contribution in [3.8, 4) is 5.75 Å². The summed E-state index contributed by atoms with van der Waals surface area (Å²) in [7, 11) is 0. The smallest absolute Gasteiger partial charge is 0.255 e. The number of rotatable bonds is 8. The van der Waals surface area contributed by atoms with E-state index in [4.69, 9.17) is 9.15 Å². The number of piperidine rings is 1. The average Bonchev–Trinajstić information content (AvgIpc) is 3.29. The molecule has 1 fully saturated rings. The lowest BCUT2D eigenvalue weighted by Crippen LogP contribution is -2.40. The van der Waals surface area contributed by atoms with Gasteiger partial charge in [-0.3, -0.25) is 9.59 Å². The molecule has 0 spiro atoms. The SMILES string of the molecule is CCOc1ccc(NC(=O)c2ccnc(N3CCC(C(=O)NCc4ccc(C)o4)CC3)c2)cc1. The standard InChI is InChI=1S/C26H30N4O4/c1-3-33-22-8-5-21(6-9-22)29-26(32)20-10-13-27-24(16-20)30-14-11-19(12-15-30)25(31)28-17-23-7-4-18(2)34-23/h4-10,13,16,19H,3,11-12,14-15,17H2,1-2H3,(H,28,31)(H,29,32). The van der Waals surface area contributed by atoms with Crippen LogP contribution in [0.3, 0.4) is 0 Å². The van der Waals surface area contributed by atoms with Gasteiger partial charge in [0.25, 0.3) is 5.91 Å². The van der Waals surface area contributed by atoms with Crippen molar-refractivity contribution in [2.45, 2.75) is 33.2 Å². The number of pyridine rings is 1. The molecule has 178 valence electrons. The van der Waals surface area contributed by atoms with Crippen LogP contribution in [0.25, 0.3) is 0 Å². The highest BCUT2D eigenvalue weighted by atomic mass is 16.5. The number of amides is 2. The Morgan fingerprint density at radius 1 is 1.12 bits per heavy atom. The van der Waals surface area contributed by atoms with Gasteiger partial charge in [-0.15, -0.1) is 0 Å². The Morgan fingerprint density at radius 3 is 2.56 bits per heavy atom. The molecule has 1 aliphatic rings. The van der Waals surface area contributed by atoms with Crippen LogP contribution in [0.4, 0.5) is 11.5 Å². The molecule has 0 bridgehead atoms. The molecule has 8 heteroatoms. The van der Waals surface area contributed by atoms with Gasteiger partial charge in [-0.05, 0) is 75.2 Å². The molecule has 2 aromatic heterocycles. The van der Waals surface area contributed by atoms with Gasteiger partial charge in [0.15, 0.2) is 0 Å². The summed E-state index contributed by atoms with van der Waals surface area (Å²) in [6.45, 7) is 6.22. The van der Waals surface area contributed by atoms with Gasteiger partial charge in [0.05, 0.1) is 13.2 Å². The summed E-state index contributed by atoms with van der Waals surface area (Å²) in [4.78, 5) is 31.9. The van der Waals surface area contributed by atoms with Crippen LogP contribution < -0.4 is 20.3 Å². The summed E-state index contributed by atoms with van der Waals surface area (Å²) in [6, 6.07) is 14.5. The van der Waals surface area contributed by atoms with E-state index in [9.17, 15) is 9.59 Å². The maximum atomic E-state index is 12.7. The Hall–Kier alpha value is -3.81. The maximum Gasteiger partial charge on any atom is 0.255 e. The van der Waals surface area contributed by atoms with Gasteiger partial charge in [-0.2, -0.15) is 0 Å². The fourth-order valence-corrected chi connectivity index (χ4v) is 4.01. The minimum absolute atomic E-state index is 0.0431. The molecule has 1 aromatic carbocycles. The molecule has 0 atom stereocenters. The van der Waals surface area contributed by atoms with Crippen molar-refractivity contribution in [1.29, 1.82) is 0 Å². The largest absolute Gasteiger partial charge is 0.494 e. The molecule has 2 amide bonds. The Balaban J connectivity index is 1.29. The molecular formula is C26H30N4O4. The zero-order valence-corrected chi connectivity index (χ0v) is 19.5. The number of carbonyl (C=O) groups is 2. The minimum atomic E-state index is -0.199. The van der Waals surface area contributed by atoms with Crippen molar-refractivity contribution in [2.75, 3.05) is 29.9 Å². The third kappa shape index (κ3) is 5.95. The van der Waals surface area contributed by atoms with Crippen LogP contribution in [-0.2, 0) is 11.3 Å². The van der Waals surface area contributed by atoms with Crippen molar-refractivity contribution in [2.24, 2.45) is 5.92 Å². The second kappa shape index (κ2) is 10.9. The maximum absolute atomic E-state index is 12.7. The summed E-state index contributed by atoms with van der Waals surface area (Å²) in [5.74, 6) is 2.90. The molecule has 0 unspecified atom stereocenters. The molecule has 4 rings (SSSR count). The van der Waals surface area contributed by atoms with Crippen molar-refractivity contribution < 1.29 is 18.7 Å². The fourth-order valence-electron chi connectivity index (χ4n) is 4.01. The molecule has 0 aliphatic carbocycles. The van der Waals surface area contributed by atoms with Crippen molar-refractivity contribution >= 4 is 23.3 Å². The summed E-state index contributed by atoms with van der Waals surface area (Å²) in [6.07, 6.45) is 3.10. The highest BCUT2D eigenvalue weighted by Gasteiger charge is 2.26. The first-order chi connectivity index (χ1) is 16.5. The number of benzene rings is 1. The van der Waals surface area contributed by atoms with Gasteiger partial charge in [0, 0.05) is 36.5 Å². The number of anilines is 2. The molecule has 0 radical (unpaired) electrons. The van der Waals surface area contributed by atoms with Crippen LogP contribution in [0.5, 0.6) is 5.75 Å².